The molecule has 0 aliphatic heterocycles. The summed E-state index contributed by atoms with van der Waals surface area (Å²) in [5.74, 6) is 0. The number of benzene rings is 2. The molecule has 0 radical (unpaired) electrons. The molecule has 2 aromatic carbocycles. The maximum Gasteiger partial charge on any atom is 0.163 e. The van der Waals surface area contributed by atoms with Gasteiger partial charge in [0.2, 0.25) is 0 Å². The molecule has 0 unspecified atom stereocenters. The number of aromatic amines is 1. The van der Waals surface area contributed by atoms with Gasteiger partial charge in [0.1, 0.15) is 11.8 Å². The molecule has 0 atom stereocenters. The Morgan fingerprint density at radius 3 is 2.55 bits per heavy atom. The lowest BCUT2D eigenvalue weighted by Gasteiger charge is -2.03. The third-order valence-corrected chi connectivity index (χ3v) is 4.49. The average Bonchev–Trinajstić information content (AvgIpc) is 3.23. The van der Waals surface area contributed by atoms with Gasteiger partial charge in [-0.15, -0.1) is 16.4 Å². The van der Waals surface area contributed by atoms with E-state index in [-0.39, 0.29) is 0 Å². The van der Waals surface area contributed by atoms with Gasteiger partial charge >= 0.3 is 0 Å². The highest BCUT2D eigenvalue weighted by molar-refractivity contribution is 7.17. The van der Waals surface area contributed by atoms with Gasteiger partial charge in [-0.1, -0.05) is 41.6 Å². The van der Waals surface area contributed by atoms with Gasteiger partial charge in [0.25, 0.3) is 0 Å². The van der Waals surface area contributed by atoms with E-state index in [1.165, 1.54) is 15.6 Å². The van der Waals surface area contributed by atoms with Crippen molar-refractivity contribution < 1.29 is 0 Å². The molecule has 0 aliphatic carbocycles. The van der Waals surface area contributed by atoms with Crippen molar-refractivity contribution >= 4 is 21.4 Å². The second kappa shape index (κ2) is 5.10. The van der Waals surface area contributed by atoms with E-state index in [0.717, 1.165) is 11.1 Å². The Balaban J connectivity index is 1.74. The minimum Gasteiger partial charge on any atom is -0.247 e. The Labute approximate surface area is 130 Å². The number of nitrogens with zero attached hydrogens (tertiary/aromatic N) is 3. The minimum absolute atomic E-state index is 0.382. The molecule has 4 rings (SSSR count). The van der Waals surface area contributed by atoms with Gasteiger partial charge in [0, 0.05) is 10.3 Å². The van der Waals surface area contributed by atoms with Crippen LogP contribution in [0.15, 0.2) is 53.9 Å². The molecule has 0 bridgehead atoms. The van der Waals surface area contributed by atoms with E-state index in [9.17, 15) is 0 Å². The first-order valence-electron chi connectivity index (χ1n) is 6.74. The average molecular weight is 302 g/mol. The highest BCUT2D eigenvalue weighted by Gasteiger charge is 2.09. The van der Waals surface area contributed by atoms with E-state index in [1.807, 2.05) is 24.3 Å². The van der Waals surface area contributed by atoms with Crippen LogP contribution in [0.5, 0.6) is 0 Å². The van der Waals surface area contributed by atoms with Gasteiger partial charge < -0.3 is 0 Å². The molecule has 2 heterocycles. The largest absolute Gasteiger partial charge is 0.247 e. The van der Waals surface area contributed by atoms with Crippen LogP contribution in [0.4, 0.5) is 0 Å². The Morgan fingerprint density at radius 2 is 1.73 bits per heavy atom. The van der Waals surface area contributed by atoms with E-state index < -0.39 is 0 Å². The summed E-state index contributed by atoms with van der Waals surface area (Å²) in [4.78, 5) is 0. The van der Waals surface area contributed by atoms with Crippen molar-refractivity contribution in [2.45, 2.75) is 0 Å². The van der Waals surface area contributed by atoms with Gasteiger partial charge in [0.15, 0.2) is 5.69 Å². The van der Waals surface area contributed by atoms with Crippen LogP contribution in [0, 0.1) is 11.3 Å². The van der Waals surface area contributed by atoms with Crippen LogP contribution in [0.3, 0.4) is 0 Å². The monoisotopic (exact) mass is 302 g/mol. The summed E-state index contributed by atoms with van der Waals surface area (Å²) in [5, 5.41) is 22.6. The first kappa shape index (κ1) is 12.7. The third-order valence-electron chi connectivity index (χ3n) is 3.61. The summed E-state index contributed by atoms with van der Waals surface area (Å²) in [6.45, 7) is 0. The molecular formula is C17H10N4S. The van der Waals surface area contributed by atoms with Crippen LogP contribution in [-0.4, -0.2) is 15.4 Å². The molecule has 2 aromatic heterocycles. The quantitative estimate of drug-likeness (QED) is 0.602. The van der Waals surface area contributed by atoms with Crippen molar-refractivity contribution in [3.63, 3.8) is 0 Å². The SMILES string of the molecule is N#Cc1[nH]nnc1-c1ccc(-c2ccc3ccsc3c2)cc1. The third kappa shape index (κ3) is 2.07. The van der Waals surface area contributed by atoms with E-state index in [4.69, 9.17) is 5.26 Å². The van der Waals surface area contributed by atoms with Gasteiger partial charge in [0.05, 0.1) is 0 Å². The zero-order valence-corrected chi connectivity index (χ0v) is 12.3. The maximum atomic E-state index is 9.02. The summed E-state index contributed by atoms with van der Waals surface area (Å²) < 4.78 is 1.28. The predicted octanol–water partition coefficient (Wildman–Crippen LogP) is 4.23. The van der Waals surface area contributed by atoms with Crippen LogP contribution in [0.1, 0.15) is 5.69 Å². The Hall–Kier alpha value is -2.97. The summed E-state index contributed by atoms with van der Waals surface area (Å²) >= 11 is 1.74. The number of aromatic nitrogens is 3. The molecule has 4 nitrogen and oxygen atoms in total. The van der Waals surface area contributed by atoms with Crippen LogP contribution in [0.25, 0.3) is 32.5 Å². The van der Waals surface area contributed by atoms with Gasteiger partial charge in [-0.25, -0.2) is 5.10 Å². The van der Waals surface area contributed by atoms with Crippen LogP contribution < -0.4 is 0 Å². The summed E-state index contributed by atoms with van der Waals surface area (Å²) in [6, 6.07) is 18.7. The number of rotatable bonds is 2. The molecule has 104 valence electrons. The zero-order chi connectivity index (χ0) is 14.9. The summed E-state index contributed by atoms with van der Waals surface area (Å²) in [6.07, 6.45) is 0. The summed E-state index contributed by atoms with van der Waals surface area (Å²) in [5.41, 5.74) is 4.17. The second-order valence-electron chi connectivity index (χ2n) is 4.90. The number of fused-ring (bicyclic) bond motifs is 1. The molecule has 4 aromatic rings. The molecule has 22 heavy (non-hydrogen) atoms. The van der Waals surface area contributed by atoms with E-state index >= 15 is 0 Å². The van der Waals surface area contributed by atoms with Crippen molar-refractivity contribution in [1.82, 2.24) is 15.4 Å². The standard InChI is InChI=1S/C17H10N4S/c18-10-15-17(20-21-19-15)13-4-1-11(2-5-13)14-6-3-12-7-8-22-16(12)9-14/h1-9H,(H,19,20,21). The van der Waals surface area contributed by atoms with Crippen molar-refractivity contribution in [3.8, 4) is 28.5 Å². The lowest BCUT2D eigenvalue weighted by molar-refractivity contribution is 0.937. The van der Waals surface area contributed by atoms with Crippen LogP contribution in [0.2, 0.25) is 0 Å². The van der Waals surface area contributed by atoms with Gasteiger partial charge in [-0.3, -0.25) is 0 Å². The van der Waals surface area contributed by atoms with E-state index in [2.05, 4.69) is 51.1 Å². The second-order valence-corrected chi connectivity index (χ2v) is 5.85. The van der Waals surface area contributed by atoms with Crippen molar-refractivity contribution in [1.29, 1.82) is 5.26 Å². The van der Waals surface area contributed by atoms with Crippen molar-refractivity contribution in [3.05, 3.63) is 59.6 Å². The highest BCUT2D eigenvalue weighted by Crippen LogP contribution is 2.29. The molecule has 0 aliphatic rings. The highest BCUT2D eigenvalue weighted by atomic mass is 32.1. The topological polar surface area (TPSA) is 65.4 Å². The minimum atomic E-state index is 0.382. The molecular weight excluding hydrogens is 292 g/mol. The zero-order valence-electron chi connectivity index (χ0n) is 11.4. The molecule has 1 N–H and O–H groups in total. The lowest BCUT2D eigenvalue weighted by Crippen LogP contribution is -1.83. The van der Waals surface area contributed by atoms with Crippen LogP contribution in [-0.2, 0) is 0 Å². The van der Waals surface area contributed by atoms with Crippen molar-refractivity contribution in [2.75, 3.05) is 0 Å². The number of nitrogens with one attached hydrogen (secondary N) is 1. The molecule has 0 fully saturated rings. The Morgan fingerprint density at radius 1 is 0.955 bits per heavy atom. The smallest absolute Gasteiger partial charge is 0.163 e. The number of nitriles is 1. The number of thiophene rings is 1. The fraction of sp³-hybridized carbons (Fsp3) is 0. The summed E-state index contributed by atoms with van der Waals surface area (Å²) in [7, 11) is 0. The first-order chi connectivity index (χ1) is 10.8. The molecule has 0 saturated heterocycles. The number of H-pyrrole nitrogens is 1. The fourth-order valence-electron chi connectivity index (χ4n) is 2.46. The van der Waals surface area contributed by atoms with Gasteiger partial charge in [-0.05, 0) is 34.0 Å². The molecule has 5 heteroatoms. The fourth-order valence-corrected chi connectivity index (χ4v) is 3.29. The Bertz CT molecular complexity index is 989. The van der Waals surface area contributed by atoms with Gasteiger partial charge in [-0.2, -0.15) is 5.26 Å². The van der Waals surface area contributed by atoms with E-state index in [1.54, 1.807) is 11.3 Å². The van der Waals surface area contributed by atoms with Crippen molar-refractivity contribution in [2.24, 2.45) is 0 Å². The normalized spacial score (nSPS) is 10.7. The Kier molecular flexibility index (Phi) is 2.95. The number of hydrogen-bond acceptors (Lipinski definition) is 4. The lowest BCUT2D eigenvalue weighted by atomic mass is 10.0. The molecule has 0 saturated carbocycles. The molecule has 0 spiro atoms. The predicted molar refractivity (Wildman–Crippen MR) is 87.4 cm³/mol. The number of hydrogen-bond donors (Lipinski definition) is 1. The maximum absolute atomic E-state index is 9.02. The van der Waals surface area contributed by atoms with E-state index in [0.29, 0.717) is 11.4 Å². The first-order valence-corrected chi connectivity index (χ1v) is 7.62. The van der Waals surface area contributed by atoms with Crippen LogP contribution >= 0.6 is 11.3 Å². The molecule has 0 amide bonds.